The van der Waals surface area contributed by atoms with Gasteiger partial charge in [0.15, 0.2) is 5.82 Å². The van der Waals surface area contributed by atoms with Crippen molar-refractivity contribution >= 4 is 0 Å². The van der Waals surface area contributed by atoms with Gasteiger partial charge >= 0.3 is 0 Å². The van der Waals surface area contributed by atoms with Crippen LogP contribution in [0.2, 0.25) is 0 Å². The van der Waals surface area contributed by atoms with Gasteiger partial charge < -0.3 is 4.52 Å². The number of rotatable bonds is 5. The Kier molecular flexibility index (Phi) is 4.06. The van der Waals surface area contributed by atoms with Gasteiger partial charge in [0.25, 0.3) is 0 Å². The average molecular weight is 272 g/mol. The second-order valence-corrected chi connectivity index (χ2v) is 5.23. The Morgan fingerprint density at radius 1 is 1.35 bits per heavy atom. The van der Waals surface area contributed by atoms with Gasteiger partial charge in [-0.15, -0.1) is 0 Å². The van der Waals surface area contributed by atoms with Crippen LogP contribution in [-0.2, 0) is 6.42 Å². The lowest BCUT2D eigenvalue weighted by atomic mass is 10.1. The minimum absolute atomic E-state index is 0.0457. The molecule has 0 spiro atoms. The van der Waals surface area contributed by atoms with E-state index >= 15 is 0 Å². The molecule has 106 valence electrons. The minimum Gasteiger partial charge on any atom is -0.337 e. The Morgan fingerprint density at radius 3 is 2.90 bits per heavy atom. The second kappa shape index (κ2) is 6.13. The molecule has 0 saturated carbocycles. The van der Waals surface area contributed by atoms with E-state index in [1.807, 2.05) is 12.3 Å². The number of aryl methyl sites for hydroxylation is 1. The predicted octanol–water partition coefficient (Wildman–Crippen LogP) is 2.60. The summed E-state index contributed by atoms with van der Waals surface area (Å²) >= 11 is 0. The second-order valence-electron chi connectivity index (χ2n) is 5.23. The molecule has 1 aliphatic heterocycles. The summed E-state index contributed by atoms with van der Waals surface area (Å²) in [7, 11) is 0. The van der Waals surface area contributed by atoms with Gasteiger partial charge in [-0.05, 0) is 44.0 Å². The van der Waals surface area contributed by atoms with Crippen molar-refractivity contribution in [2.45, 2.75) is 38.6 Å². The molecule has 2 aromatic rings. The van der Waals surface area contributed by atoms with Crippen LogP contribution in [-0.4, -0.2) is 33.1 Å². The zero-order valence-electron chi connectivity index (χ0n) is 11.8. The first-order chi connectivity index (χ1) is 9.88. The molecular formula is C15H20N4O. The van der Waals surface area contributed by atoms with Crippen LogP contribution >= 0.6 is 0 Å². The van der Waals surface area contributed by atoms with Gasteiger partial charge in [-0.25, -0.2) is 0 Å². The third kappa shape index (κ3) is 2.72. The van der Waals surface area contributed by atoms with Crippen molar-refractivity contribution in [2.24, 2.45) is 0 Å². The van der Waals surface area contributed by atoms with Gasteiger partial charge in [-0.1, -0.05) is 18.1 Å². The summed E-state index contributed by atoms with van der Waals surface area (Å²) in [5.74, 6) is 1.50. The largest absolute Gasteiger partial charge is 0.337 e. The zero-order chi connectivity index (χ0) is 13.8. The van der Waals surface area contributed by atoms with E-state index in [4.69, 9.17) is 4.52 Å². The molecule has 0 bridgehead atoms. The van der Waals surface area contributed by atoms with E-state index in [-0.39, 0.29) is 6.04 Å². The van der Waals surface area contributed by atoms with Crippen LogP contribution in [0.1, 0.15) is 49.5 Å². The summed E-state index contributed by atoms with van der Waals surface area (Å²) in [6, 6.07) is 4.09. The molecule has 1 aliphatic rings. The summed E-state index contributed by atoms with van der Waals surface area (Å²) < 4.78 is 5.52. The lowest BCUT2D eigenvalue weighted by Crippen LogP contribution is -2.27. The molecule has 5 nitrogen and oxygen atoms in total. The standard InChI is InChI=1S/C15H20N4O/c1-2-6-13-17-15(20-18-13)14(19-9-3-4-10-19)12-7-5-8-16-11-12/h5,7-8,11,14H,2-4,6,9-10H2,1H3. The first kappa shape index (κ1) is 13.2. The van der Waals surface area contributed by atoms with E-state index < -0.39 is 0 Å². The summed E-state index contributed by atoms with van der Waals surface area (Å²) in [6.07, 6.45) is 8.04. The Balaban J connectivity index is 1.91. The first-order valence-electron chi connectivity index (χ1n) is 7.35. The molecule has 0 aromatic carbocycles. The Hall–Kier alpha value is -1.75. The van der Waals surface area contributed by atoms with Crippen LogP contribution in [0.3, 0.4) is 0 Å². The summed E-state index contributed by atoms with van der Waals surface area (Å²) in [6.45, 7) is 4.27. The van der Waals surface area contributed by atoms with Crippen molar-refractivity contribution in [3.05, 3.63) is 41.8 Å². The summed E-state index contributed by atoms with van der Waals surface area (Å²) in [4.78, 5) is 11.2. The maximum atomic E-state index is 5.52. The SMILES string of the molecule is CCCc1noc(C(c2cccnc2)N2CCCC2)n1. The van der Waals surface area contributed by atoms with E-state index in [0.717, 1.165) is 37.3 Å². The van der Waals surface area contributed by atoms with Crippen LogP contribution in [0.5, 0.6) is 0 Å². The quantitative estimate of drug-likeness (QED) is 0.837. The third-order valence-corrected chi connectivity index (χ3v) is 3.70. The maximum absolute atomic E-state index is 5.52. The predicted molar refractivity (Wildman–Crippen MR) is 75.2 cm³/mol. The zero-order valence-corrected chi connectivity index (χ0v) is 11.8. The highest BCUT2D eigenvalue weighted by Crippen LogP contribution is 2.30. The van der Waals surface area contributed by atoms with Crippen LogP contribution in [0.25, 0.3) is 0 Å². The van der Waals surface area contributed by atoms with Gasteiger partial charge in [-0.3, -0.25) is 9.88 Å². The molecule has 1 atom stereocenters. The fourth-order valence-electron chi connectivity index (χ4n) is 2.75. The van der Waals surface area contributed by atoms with Crippen molar-refractivity contribution < 1.29 is 4.52 Å². The lowest BCUT2D eigenvalue weighted by Gasteiger charge is -2.24. The van der Waals surface area contributed by atoms with Crippen molar-refractivity contribution in [3.8, 4) is 0 Å². The van der Waals surface area contributed by atoms with Gasteiger partial charge in [0.2, 0.25) is 5.89 Å². The van der Waals surface area contributed by atoms with Crippen molar-refractivity contribution in [1.82, 2.24) is 20.0 Å². The molecule has 3 rings (SSSR count). The topological polar surface area (TPSA) is 55.1 Å². The molecule has 20 heavy (non-hydrogen) atoms. The number of hydrogen-bond donors (Lipinski definition) is 0. The molecule has 0 radical (unpaired) electrons. The highest BCUT2D eigenvalue weighted by molar-refractivity contribution is 5.21. The van der Waals surface area contributed by atoms with Crippen LogP contribution in [0, 0.1) is 0 Å². The Labute approximate surface area is 119 Å². The monoisotopic (exact) mass is 272 g/mol. The molecule has 1 unspecified atom stereocenters. The minimum atomic E-state index is 0.0457. The van der Waals surface area contributed by atoms with Gasteiger partial charge in [0, 0.05) is 18.8 Å². The van der Waals surface area contributed by atoms with Gasteiger partial charge in [-0.2, -0.15) is 4.98 Å². The molecule has 2 aromatic heterocycles. The van der Waals surface area contributed by atoms with E-state index in [1.165, 1.54) is 12.8 Å². The smallest absolute Gasteiger partial charge is 0.248 e. The van der Waals surface area contributed by atoms with Crippen LogP contribution in [0.4, 0.5) is 0 Å². The van der Waals surface area contributed by atoms with Crippen molar-refractivity contribution in [3.63, 3.8) is 0 Å². The fraction of sp³-hybridized carbons (Fsp3) is 0.533. The third-order valence-electron chi connectivity index (χ3n) is 3.70. The van der Waals surface area contributed by atoms with E-state index in [2.05, 4.69) is 33.0 Å². The normalized spacial score (nSPS) is 17.4. The van der Waals surface area contributed by atoms with Gasteiger partial charge in [0.1, 0.15) is 6.04 Å². The highest BCUT2D eigenvalue weighted by Gasteiger charge is 2.29. The maximum Gasteiger partial charge on any atom is 0.248 e. The van der Waals surface area contributed by atoms with E-state index in [0.29, 0.717) is 5.89 Å². The molecular weight excluding hydrogens is 252 g/mol. The van der Waals surface area contributed by atoms with Crippen molar-refractivity contribution in [1.29, 1.82) is 0 Å². The summed E-state index contributed by atoms with van der Waals surface area (Å²) in [5.41, 5.74) is 1.13. The number of nitrogens with zero attached hydrogens (tertiary/aromatic N) is 4. The van der Waals surface area contributed by atoms with E-state index in [1.54, 1.807) is 6.20 Å². The van der Waals surface area contributed by atoms with Crippen LogP contribution < -0.4 is 0 Å². The van der Waals surface area contributed by atoms with Crippen molar-refractivity contribution in [2.75, 3.05) is 13.1 Å². The number of pyridine rings is 1. The molecule has 0 amide bonds. The molecule has 0 N–H and O–H groups in total. The fourth-order valence-corrected chi connectivity index (χ4v) is 2.75. The Bertz CT molecular complexity index is 534. The lowest BCUT2D eigenvalue weighted by molar-refractivity contribution is 0.224. The molecule has 1 fully saturated rings. The highest BCUT2D eigenvalue weighted by atomic mass is 16.5. The van der Waals surface area contributed by atoms with Gasteiger partial charge in [0.05, 0.1) is 0 Å². The number of likely N-dealkylation sites (tertiary alicyclic amines) is 1. The van der Waals surface area contributed by atoms with E-state index in [9.17, 15) is 0 Å². The molecule has 5 heteroatoms. The average Bonchev–Trinajstić information content (AvgIpc) is 3.14. The molecule has 1 saturated heterocycles. The number of aromatic nitrogens is 3. The molecule has 0 aliphatic carbocycles. The first-order valence-corrected chi connectivity index (χ1v) is 7.35. The molecule has 3 heterocycles. The summed E-state index contributed by atoms with van der Waals surface area (Å²) in [5, 5.41) is 4.09. The number of hydrogen-bond acceptors (Lipinski definition) is 5. The Morgan fingerprint density at radius 2 is 2.20 bits per heavy atom. The van der Waals surface area contributed by atoms with Crippen LogP contribution in [0.15, 0.2) is 29.0 Å².